The highest BCUT2D eigenvalue weighted by molar-refractivity contribution is 7.99. The molecule has 2 heterocycles. The Bertz CT molecular complexity index is 387. The van der Waals surface area contributed by atoms with Crippen molar-refractivity contribution in [3.63, 3.8) is 0 Å². The summed E-state index contributed by atoms with van der Waals surface area (Å²) in [6.45, 7) is 6.69. The van der Waals surface area contributed by atoms with Crippen molar-refractivity contribution in [1.82, 2.24) is 4.90 Å². The Kier molecular flexibility index (Phi) is 4.65. The first kappa shape index (κ1) is 16.4. The molecule has 2 N–H and O–H groups in total. The van der Waals surface area contributed by atoms with Gasteiger partial charge in [-0.15, -0.1) is 12.4 Å². The molecule has 0 aromatic rings. The van der Waals surface area contributed by atoms with Crippen LogP contribution >= 0.6 is 24.2 Å². The molecule has 1 aliphatic carbocycles. The first-order valence-electron chi connectivity index (χ1n) is 7.27. The quantitative estimate of drug-likeness (QED) is 0.796. The Morgan fingerprint density at radius 3 is 2.65 bits per heavy atom. The molecule has 3 unspecified atom stereocenters. The number of hydrogen-bond acceptors (Lipinski definition) is 4. The summed E-state index contributed by atoms with van der Waals surface area (Å²) in [5, 5.41) is 0. The lowest BCUT2D eigenvalue weighted by atomic mass is 9.46. The number of hydrogen-bond donors (Lipinski definition) is 1. The zero-order chi connectivity index (χ0) is 13.7. The van der Waals surface area contributed by atoms with Crippen LogP contribution in [0.2, 0.25) is 0 Å². The molecule has 3 rings (SSSR count). The van der Waals surface area contributed by atoms with Crippen LogP contribution in [0, 0.1) is 11.3 Å². The number of carbonyl (C=O) groups is 1. The normalized spacial score (nSPS) is 39.2. The van der Waals surface area contributed by atoms with Gasteiger partial charge >= 0.3 is 0 Å². The minimum atomic E-state index is -0.722. The summed E-state index contributed by atoms with van der Waals surface area (Å²) in [7, 11) is 0. The van der Waals surface area contributed by atoms with Crippen LogP contribution in [-0.4, -0.2) is 53.7 Å². The summed E-state index contributed by atoms with van der Waals surface area (Å²) in [4.78, 5) is 14.9. The average Bonchev–Trinajstić information content (AvgIpc) is 2.46. The number of thioether (sulfide) groups is 1. The monoisotopic (exact) mass is 320 g/mol. The molecule has 3 atom stereocenters. The highest BCUT2D eigenvalue weighted by atomic mass is 35.5. The standard InChI is InChI=1S/C14H24N2O2S.ClH/c1-13(2)11-10(4-3-7-18-11)14(13,15)12(17)16-5-8-19-9-6-16;/h10-11H,3-9,15H2,1-2H3;1H. The van der Waals surface area contributed by atoms with E-state index in [0.717, 1.165) is 44.0 Å². The van der Waals surface area contributed by atoms with E-state index in [0.29, 0.717) is 0 Å². The lowest BCUT2D eigenvalue weighted by Crippen LogP contribution is -2.82. The van der Waals surface area contributed by atoms with Gasteiger partial charge in [-0.3, -0.25) is 4.79 Å². The molecule has 20 heavy (non-hydrogen) atoms. The Hall–Kier alpha value is 0.0300. The maximum absolute atomic E-state index is 12.9. The molecule has 0 spiro atoms. The third-order valence-corrected chi connectivity index (χ3v) is 6.28. The third-order valence-electron chi connectivity index (χ3n) is 5.34. The van der Waals surface area contributed by atoms with E-state index >= 15 is 0 Å². The number of rotatable bonds is 1. The van der Waals surface area contributed by atoms with Crippen molar-refractivity contribution in [3.05, 3.63) is 0 Å². The lowest BCUT2D eigenvalue weighted by Gasteiger charge is -2.65. The van der Waals surface area contributed by atoms with Gasteiger partial charge in [0.2, 0.25) is 5.91 Å². The molecular weight excluding hydrogens is 296 g/mol. The zero-order valence-electron chi connectivity index (χ0n) is 12.3. The van der Waals surface area contributed by atoms with Gasteiger partial charge in [-0.25, -0.2) is 0 Å². The summed E-state index contributed by atoms with van der Waals surface area (Å²) in [5.41, 5.74) is 5.66. The van der Waals surface area contributed by atoms with Gasteiger partial charge in [0, 0.05) is 42.5 Å². The summed E-state index contributed by atoms with van der Waals surface area (Å²) in [5.74, 6) is 2.43. The molecule has 0 aromatic carbocycles. The maximum atomic E-state index is 12.9. The van der Waals surface area contributed by atoms with Crippen LogP contribution in [0.15, 0.2) is 0 Å². The number of ether oxygens (including phenoxy) is 1. The Labute approximate surface area is 131 Å². The molecule has 3 aliphatic rings. The van der Waals surface area contributed by atoms with Crippen molar-refractivity contribution < 1.29 is 9.53 Å². The second kappa shape index (κ2) is 5.67. The number of amides is 1. The number of halogens is 1. The molecule has 0 aromatic heterocycles. The largest absolute Gasteiger partial charge is 0.377 e. The SMILES string of the molecule is CC1(C)C2OCCCC2C1(N)C(=O)N1CCSCC1.Cl. The van der Waals surface area contributed by atoms with Crippen LogP contribution in [0.4, 0.5) is 0 Å². The van der Waals surface area contributed by atoms with Gasteiger partial charge in [-0.1, -0.05) is 13.8 Å². The fraction of sp³-hybridized carbons (Fsp3) is 0.929. The van der Waals surface area contributed by atoms with Crippen molar-refractivity contribution in [3.8, 4) is 0 Å². The number of fused-ring (bicyclic) bond motifs is 1. The van der Waals surface area contributed by atoms with E-state index in [1.165, 1.54) is 0 Å². The molecule has 0 radical (unpaired) electrons. The average molecular weight is 321 g/mol. The Morgan fingerprint density at radius 2 is 2.00 bits per heavy atom. The van der Waals surface area contributed by atoms with Crippen LogP contribution < -0.4 is 5.73 Å². The van der Waals surface area contributed by atoms with Crippen molar-refractivity contribution in [2.45, 2.75) is 38.3 Å². The predicted molar refractivity (Wildman–Crippen MR) is 84.3 cm³/mol. The first-order valence-corrected chi connectivity index (χ1v) is 8.42. The summed E-state index contributed by atoms with van der Waals surface area (Å²) < 4.78 is 5.87. The Morgan fingerprint density at radius 1 is 1.35 bits per heavy atom. The van der Waals surface area contributed by atoms with E-state index in [1.54, 1.807) is 0 Å². The van der Waals surface area contributed by atoms with Crippen LogP contribution in [0.3, 0.4) is 0 Å². The Balaban J connectivity index is 0.00000147. The van der Waals surface area contributed by atoms with Crippen LogP contribution in [-0.2, 0) is 9.53 Å². The van der Waals surface area contributed by atoms with Gasteiger partial charge in [0.05, 0.1) is 6.10 Å². The topological polar surface area (TPSA) is 55.6 Å². The number of nitrogens with zero attached hydrogens (tertiary/aromatic N) is 1. The molecular formula is C14H25ClN2O2S. The molecule has 1 saturated carbocycles. The van der Waals surface area contributed by atoms with E-state index in [9.17, 15) is 4.79 Å². The molecule has 116 valence electrons. The molecule has 0 bridgehead atoms. The van der Waals surface area contributed by atoms with Gasteiger partial charge in [-0.05, 0) is 12.8 Å². The molecule has 2 aliphatic heterocycles. The van der Waals surface area contributed by atoms with Gasteiger partial charge in [0.15, 0.2) is 0 Å². The second-order valence-corrected chi connectivity index (χ2v) is 7.76. The predicted octanol–water partition coefficient (Wildman–Crippen LogP) is 1.52. The summed E-state index contributed by atoms with van der Waals surface area (Å²) >= 11 is 1.92. The fourth-order valence-corrected chi connectivity index (χ4v) is 4.94. The zero-order valence-corrected chi connectivity index (χ0v) is 13.9. The molecule has 4 nitrogen and oxygen atoms in total. The highest BCUT2D eigenvalue weighted by Gasteiger charge is 2.70. The van der Waals surface area contributed by atoms with Crippen LogP contribution in [0.25, 0.3) is 0 Å². The lowest BCUT2D eigenvalue weighted by molar-refractivity contribution is -0.230. The van der Waals surface area contributed by atoms with Gasteiger partial charge in [-0.2, -0.15) is 11.8 Å². The second-order valence-electron chi connectivity index (χ2n) is 6.54. The molecule has 1 amide bonds. The first-order chi connectivity index (χ1) is 8.99. The van der Waals surface area contributed by atoms with Gasteiger partial charge in [0.25, 0.3) is 0 Å². The van der Waals surface area contributed by atoms with Gasteiger partial charge in [0.1, 0.15) is 5.54 Å². The fourth-order valence-electron chi connectivity index (χ4n) is 4.04. The minimum absolute atomic E-state index is 0. The van der Waals surface area contributed by atoms with E-state index in [1.807, 2.05) is 16.7 Å². The number of carbonyl (C=O) groups excluding carboxylic acids is 1. The minimum Gasteiger partial charge on any atom is -0.377 e. The van der Waals surface area contributed by atoms with Crippen molar-refractivity contribution >= 4 is 30.1 Å². The van der Waals surface area contributed by atoms with E-state index in [4.69, 9.17) is 10.5 Å². The van der Waals surface area contributed by atoms with E-state index in [-0.39, 0.29) is 35.8 Å². The van der Waals surface area contributed by atoms with Crippen molar-refractivity contribution in [2.24, 2.45) is 17.1 Å². The smallest absolute Gasteiger partial charge is 0.243 e. The van der Waals surface area contributed by atoms with Crippen molar-refractivity contribution in [2.75, 3.05) is 31.2 Å². The third kappa shape index (κ3) is 2.09. The van der Waals surface area contributed by atoms with Crippen LogP contribution in [0.5, 0.6) is 0 Å². The summed E-state index contributed by atoms with van der Waals surface area (Å²) in [6.07, 6.45) is 2.22. The molecule has 6 heteroatoms. The van der Waals surface area contributed by atoms with E-state index in [2.05, 4.69) is 13.8 Å². The molecule has 2 saturated heterocycles. The maximum Gasteiger partial charge on any atom is 0.243 e. The van der Waals surface area contributed by atoms with Crippen molar-refractivity contribution in [1.29, 1.82) is 0 Å². The van der Waals surface area contributed by atoms with Gasteiger partial charge < -0.3 is 15.4 Å². The highest BCUT2D eigenvalue weighted by Crippen LogP contribution is 2.58. The van der Waals surface area contributed by atoms with Crippen LogP contribution in [0.1, 0.15) is 26.7 Å². The number of nitrogens with two attached hydrogens (primary N) is 1. The van der Waals surface area contributed by atoms with E-state index < -0.39 is 5.54 Å². The molecule has 3 fully saturated rings. The summed E-state index contributed by atoms with van der Waals surface area (Å²) in [6, 6.07) is 0.